The van der Waals surface area contributed by atoms with Crippen LogP contribution in [0.15, 0.2) is 11.6 Å². The summed E-state index contributed by atoms with van der Waals surface area (Å²) in [6, 6.07) is 1.89. The standard InChI is InChI=1S/C15H20O/c1-9(2)12-5-6-13-10(3)7-15(16)11(4)14(13)8-12/h7-9,16H,5-6H2,1-4H3. The van der Waals surface area contributed by atoms with Gasteiger partial charge in [0, 0.05) is 0 Å². The molecule has 0 aromatic heterocycles. The van der Waals surface area contributed by atoms with E-state index in [9.17, 15) is 5.11 Å². The Bertz CT molecular complexity index is 453. The van der Waals surface area contributed by atoms with Crippen molar-refractivity contribution in [1.82, 2.24) is 0 Å². The van der Waals surface area contributed by atoms with Crippen LogP contribution in [0.1, 0.15) is 42.5 Å². The quantitative estimate of drug-likeness (QED) is 0.752. The molecule has 0 bridgehead atoms. The van der Waals surface area contributed by atoms with Gasteiger partial charge in [-0.3, -0.25) is 0 Å². The minimum absolute atomic E-state index is 0.428. The molecule has 1 aliphatic carbocycles. The molecular weight excluding hydrogens is 196 g/mol. The minimum Gasteiger partial charge on any atom is -0.508 e. The first-order valence-electron chi connectivity index (χ1n) is 6.03. The van der Waals surface area contributed by atoms with Gasteiger partial charge in [-0.25, -0.2) is 0 Å². The van der Waals surface area contributed by atoms with Crippen molar-refractivity contribution in [2.75, 3.05) is 0 Å². The summed E-state index contributed by atoms with van der Waals surface area (Å²) in [5.41, 5.74) is 6.42. The fourth-order valence-electron chi connectivity index (χ4n) is 2.49. The second-order valence-electron chi connectivity index (χ2n) is 5.10. The molecule has 1 aromatic rings. The highest BCUT2D eigenvalue weighted by atomic mass is 16.3. The molecule has 0 saturated heterocycles. The number of fused-ring (bicyclic) bond motifs is 1. The van der Waals surface area contributed by atoms with Gasteiger partial charge in [0.1, 0.15) is 5.75 Å². The van der Waals surface area contributed by atoms with Gasteiger partial charge >= 0.3 is 0 Å². The first-order valence-corrected chi connectivity index (χ1v) is 6.03. The van der Waals surface area contributed by atoms with Crippen molar-refractivity contribution >= 4 is 6.08 Å². The molecule has 1 heteroatoms. The van der Waals surface area contributed by atoms with Crippen LogP contribution in [-0.4, -0.2) is 5.11 Å². The number of hydrogen-bond acceptors (Lipinski definition) is 1. The Morgan fingerprint density at radius 2 is 1.88 bits per heavy atom. The van der Waals surface area contributed by atoms with E-state index in [4.69, 9.17) is 0 Å². The van der Waals surface area contributed by atoms with Crippen molar-refractivity contribution in [3.8, 4) is 5.75 Å². The van der Waals surface area contributed by atoms with Gasteiger partial charge in [-0.05, 0) is 60.9 Å². The molecule has 1 aliphatic rings. The predicted molar refractivity (Wildman–Crippen MR) is 68.7 cm³/mol. The summed E-state index contributed by atoms with van der Waals surface area (Å²) in [6.45, 7) is 8.57. The van der Waals surface area contributed by atoms with Gasteiger partial charge in [0.25, 0.3) is 0 Å². The lowest BCUT2D eigenvalue weighted by Crippen LogP contribution is -2.07. The zero-order valence-electron chi connectivity index (χ0n) is 10.6. The van der Waals surface area contributed by atoms with Crippen LogP contribution < -0.4 is 0 Å². The maximum atomic E-state index is 9.85. The molecule has 86 valence electrons. The van der Waals surface area contributed by atoms with E-state index in [0.29, 0.717) is 11.7 Å². The van der Waals surface area contributed by atoms with Crippen molar-refractivity contribution in [3.05, 3.63) is 33.9 Å². The summed E-state index contributed by atoms with van der Waals surface area (Å²) < 4.78 is 0. The van der Waals surface area contributed by atoms with E-state index in [1.54, 1.807) is 0 Å². The molecule has 0 spiro atoms. The minimum atomic E-state index is 0.428. The number of allylic oxidation sites excluding steroid dienone is 1. The molecule has 0 aliphatic heterocycles. The molecule has 0 saturated carbocycles. The molecule has 1 nitrogen and oxygen atoms in total. The topological polar surface area (TPSA) is 20.2 Å². The van der Waals surface area contributed by atoms with E-state index < -0.39 is 0 Å². The third kappa shape index (κ3) is 1.75. The fraction of sp³-hybridized carbons (Fsp3) is 0.467. The first kappa shape index (κ1) is 11.3. The van der Waals surface area contributed by atoms with Crippen LogP contribution in [0, 0.1) is 19.8 Å². The normalized spacial score (nSPS) is 14.9. The Hall–Kier alpha value is -1.24. The van der Waals surface area contributed by atoms with Gasteiger partial charge in [-0.2, -0.15) is 0 Å². The molecule has 0 atom stereocenters. The number of phenols is 1. The number of benzene rings is 1. The highest BCUT2D eigenvalue weighted by Gasteiger charge is 2.17. The Morgan fingerprint density at radius 3 is 2.50 bits per heavy atom. The number of phenolic OH excluding ortho intramolecular Hbond substituents is 1. The average Bonchev–Trinajstić information content (AvgIpc) is 2.25. The molecule has 1 N–H and O–H groups in total. The van der Waals surface area contributed by atoms with Crippen LogP contribution in [0.2, 0.25) is 0 Å². The maximum Gasteiger partial charge on any atom is 0.119 e. The predicted octanol–water partition coefficient (Wildman–Crippen LogP) is 3.99. The molecule has 16 heavy (non-hydrogen) atoms. The van der Waals surface area contributed by atoms with E-state index in [-0.39, 0.29) is 0 Å². The second-order valence-corrected chi connectivity index (χ2v) is 5.10. The van der Waals surface area contributed by atoms with Crippen LogP contribution in [0.4, 0.5) is 0 Å². The van der Waals surface area contributed by atoms with Crippen LogP contribution >= 0.6 is 0 Å². The summed E-state index contributed by atoms with van der Waals surface area (Å²) in [4.78, 5) is 0. The van der Waals surface area contributed by atoms with Gasteiger partial charge in [-0.1, -0.05) is 25.5 Å². The smallest absolute Gasteiger partial charge is 0.119 e. The van der Waals surface area contributed by atoms with E-state index in [1.807, 2.05) is 13.0 Å². The van der Waals surface area contributed by atoms with E-state index in [1.165, 1.54) is 22.3 Å². The van der Waals surface area contributed by atoms with Crippen molar-refractivity contribution in [2.24, 2.45) is 5.92 Å². The molecule has 0 fully saturated rings. The van der Waals surface area contributed by atoms with E-state index >= 15 is 0 Å². The van der Waals surface area contributed by atoms with Crippen molar-refractivity contribution in [1.29, 1.82) is 0 Å². The molecule has 0 amide bonds. The van der Waals surface area contributed by atoms with Crippen LogP contribution in [-0.2, 0) is 6.42 Å². The largest absolute Gasteiger partial charge is 0.508 e. The van der Waals surface area contributed by atoms with Gasteiger partial charge in [0.15, 0.2) is 0 Å². The summed E-state index contributed by atoms with van der Waals surface area (Å²) in [5.74, 6) is 1.03. The zero-order valence-corrected chi connectivity index (χ0v) is 10.6. The number of aromatic hydroxyl groups is 1. The van der Waals surface area contributed by atoms with Crippen molar-refractivity contribution in [2.45, 2.75) is 40.5 Å². The SMILES string of the molecule is Cc1cc(O)c(C)c2c1CCC(C(C)C)=C2. The lowest BCUT2D eigenvalue weighted by Gasteiger charge is -2.23. The highest BCUT2D eigenvalue weighted by Crippen LogP contribution is 2.35. The maximum absolute atomic E-state index is 9.85. The Balaban J connectivity index is 2.61. The lowest BCUT2D eigenvalue weighted by molar-refractivity contribution is 0.470. The zero-order chi connectivity index (χ0) is 11.9. The average molecular weight is 216 g/mol. The third-order valence-corrected chi connectivity index (χ3v) is 3.68. The highest BCUT2D eigenvalue weighted by molar-refractivity contribution is 5.67. The molecule has 2 rings (SSSR count). The summed E-state index contributed by atoms with van der Waals surface area (Å²) in [5, 5.41) is 9.85. The first-order chi connectivity index (χ1) is 7.50. The number of rotatable bonds is 1. The monoisotopic (exact) mass is 216 g/mol. The number of aryl methyl sites for hydroxylation is 1. The Kier molecular flexibility index (Phi) is 2.79. The fourth-order valence-corrected chi connectivity index (χ4v) is 2.49. The Morgan fingerprint density at radius 1 is 1.19 bits per heavy atom. The molecule has 1 aromatic carbocycles. The van der Waals surface area contributed by atoms with Gasteiger partial charge in [-0.15, -0.1) is 0 Å². The molecule has 0 heterocycles. The second kappa shape index (κ2) is 3.97. The van der Waals surface area contributed by atoms with E-state index in [2.05, 4.69) is 26.8 Å². The Labute approximate surface area is 97.8 Å². The number of hydrogen-bond donors (Lipinski definition) is 1. The molecular formula is C15H20O. The molecule has 0 radical (unpaired) electrons. The van der Waals surface area contributed by atoms with Crippen LogP contribution in [0.25, 0.3) is 6.08 Å². The van der Waals surface area contributed by atoms with Crippen molar-refractivity contribution < 1.29 is 5.11 Å². The van der Waals surface area contributed by atoms with Crippen molar-refractivity contribution in [3.63, 3.8) is 0 Å². The van der Waals surface area contributed by atoms with Gasteiger partial charge in [0.2, 0.25) is 0 Å². The summed E-state index contributed by atoms with van der Waals surface area (Å²) in [7, 11) is 0. The molecule has 0 unspecified atom stereocenters. The van der Waals surface area contributed by atoms with Gasteiger partial charge < -0.3 is 5.11 Å². The summed E-state index contributed by atoms with van der Waals surface area (Å²) in [6.07, 6.45) is 4.56. The van der Waals surface area contributed by atoms with Gasteiger partial charge in [0.05, 0.1) is 0 Å². The lowest BCUT2D eigenvalue weighted by atomic mass is 9.83. The van der Waals surface area contributed by atoms with E-state index in [0.717, 1.165) is 18.4 Å². The van der Waals surface area contributed by atoms with Crippen LogP contribution in [0.3, 0.4) is 0 Å². The van der Waals surface area contributed by atoms with Crippen LogP contribution in [0.5, 0.6) is 5.75 Å². The summed E-state index contributed by atoms with van der Waals surface area (Å²) >= 11 is 0. The third-order valence-electron chi connectivity index (χ3n) is 3.68.